The maximum Gasteiger partial charge on any atom is 0.306 e. The van der Waals surface area contributed by atoms with Gasteiger partial charge in [-0.25, -0.2) is 8.42 Å². The van der Waals surface area contributed by atoms with E-state index in [-0.39, 0.29) is 17.2 Å². The number of anilines is 1. The van der Waals surface area contributed by atoms with Crippen LogP contribution in [0.5, 0.6) is 0 Å². The number of likely N-dealkylation sites (tertiary alicyclic amines) is 1. The minimum absolute atomic E-state index is 0.0306. The normalized spacial score (nSPS) is 15.2. The lowest BCUT2D eigenvalue weighted by Crippen LogP contribution is -2.40. The van der Waals surface area contributed by atoms with Crippen LogP contribution < -0.4 is 4.72 Å². The SMILES string of the molecule is C=CC(c1ccc(C(C)(C)C)cc1)S(=O)(=O)Nc1ccc2c(ccn2Cc2ccc(C(=O)N3CCC(C(=O)O)CC3)cc2)c1. The van der Waals surface area contributed by atoms with Crippen LogP contribution in [0, 0.1) is 5.92 Å². The van der Waals surface area contributed by atoms with Crippen molar-refractivity contribution in [3.05, 3.63) is 114 Å². The molecule has 230 valence electrons. The van der Waals surface area contributed by atoms with Crippen LogP contribution in [-0.2, 0) is 26.8 Å². The molecule has 9 heteroatoms. The van der Waals surface area contributed by atoms with Gasteiger partial charge in [-0.15, -0.1) is 6.58 Å². The first-order valence-corrected chi connectivity index (χ1v) is 16.3. The summed E-state index contributed by atoms with van der Waals surface area (Å²) in [5.41, 5.74) is 4.78. The van der Waals surface area contributed by atoms with E-state index >= 15 is 0 Å². The summed E-state index contributed by atoms with van der Waals surface area (Å²) in [6, 6.07) is 22.5. The standard InChI is InChI=1S/C35H39N3O5S/c1-5-32(25-10-12-29(13-11-25)35(2,3)4)44(42,43)36-30-14-15-31-28(22-30)18-21-38(31)23-24-6-8-26(9-7-24)33(39)37-19-16-27(17-20-37)34(40)41/h5-15,18,21-22,27,32,36H,1,16-17,19-20,23H2,2-4H3,(H,40,41). The molecule has 2 N–H and O–H groups in total. The first kappa shape index (κ1) is 31.1. The third kappa shape index (κ3) is 6.73. The Balaban J connectivity index is 1.25. The first-order chi connectivity index (χ1) is 20.9. The second-order valence-electron chi connectivity index (χ2n) is 12.5. The number of carboxylic acid groups (broad SMARTS) is 1. The molecule has 1 amide bonds. The molecule has 5 rings (SSSR count). The van der Waals surface area contributed by atoms with E-state index < -0.39 is 21.2 Å². The Morgan fingerprint density at radius 1 is 1.00 bits per heavy atom. The van der Waals surface area contributed by atoms with E-state index in [1.807, 2.05) is 72.9 Å². The van der Waals surface area contributed by atoms with Crippen LogP contribution in [0.4, 0.5) is 5.69 Å². The molecule has 0 saturated carbocycles. The highest BCUT2D eigenvalue weighted by atomic mass is 32.2. The van der Waals surface area contributed by atoms with Gasteiger partial charge in [0.25, 0.3) is 5.91 Å². The molecule has 1 aliphatic rings. The smallest absolute Gasteiger partial charge is 0.306 e. The third-order valence-electron chi connectivity index (χ3n) is 8.37. The lowest BCUT2D eigenvalue weighted by atomic mass is 9.86. The maximum atomic E-state index is 13.4. The highest BCUT2D eigenvalue weighted by Gasteiger charge is 2.28. The number of aliphatic carboxylic acids is 1. The average Bonchev–Trinajstić information content (AvgIpc) is 3.38. The van der Waals surface area contributed by atoms with Crippen molar-refractivity contribution in [2.45, 2.75) is 50.8 Å². The summed E-state index contributed by atoms with van der Waals surface area (Å²) >= 11 is 0. The number of rotatable bonds is 9. The highest BCUT2D eigenvalue weighted by molar-refractivity contribution is 7.93. The van der Waals surface area contributed by atoms with Gasteiger partial charge < -0.3 is 14.6 Å². The van der Waals surface area contributed by atoms with Gasteiger partial charge in [0, 0.05) is 48.0 Å². The van der Waals surface area contributed by atoms with E-state index in [4.69, 9.17) is 0 Å². The molecule has 1 aliphatic heterocycles. The molecule has 1 unspecified atom stereocenters. The number of amides is 1. The summed E-state index contributed by atoms with van der Waals surface area (Å²) in [4.78, 5) is 25.8. The van der Waals surface area contributed by atoms with Gasteiger partial charge in [0.15, 0.2) is 0 Å². The number of nitrogens with one attached hydrogen (secondary N) is 1. The number of carboxylic acids is 1. The number of aromatic nitrogens is 1. The van der Waals surface area contributed by atoms with E-state index in [1.54, 1.807) is 11.0 Å². The van der Waals surface area contributed by atoms with Gasteiger partial charge in [-0.05, 0) is 71.3 Å². The topological polar surface area (TPSA) is 109 Å². The molecule has 2 heterocycles. The monoisotopic (exact) mass is 613 g/mol. The van der Waals surface area contributed by atoms with Crippen LogP contribution in [0.25, 0.3) is 10.9 Å². The number of carbonyl (C=O) groups excluding carboxylic acids is 1. The van der Waals surface area contributed by atoms with Crippen LogP contribution in [0.3, 0.4) is 0 Å². The van der Waals surface area contributed by atoms with Gasteiger partial charge in [-0.3, -0.25) is 14.3 Å². The Bertz CT molecular complexity index is 1780. The highest BCUT2D eigenvalue weighted by Crippen LogP contribution is 2.30. The molecule has 1 atom stereocenters. The second kappa shape index (κ2) is 12.3. The molecular formula is C35H39N3O5S. The Kier molecular flexibility index (Phi) is 8.70. The van der Waals surface area contributed by atoms with Crippen LogP contribution in [0.15, 0.2) is 91.6 Å². The fourth-order valence-electron chi connectivity index (χ4n) is 5.71. The van der Waals surface area contributed by atoms with Crippen molar-refractivity contribution >= 4 is 38.5 Å². The molecule has 1 saturated heterocycles. The van der Waals surface area contributed by atoms with Crippen molar-refractivity contribution in [2.24, 2.45) is 5.92 Å². The Morgan fingerprint density at radius 3 is 2.25 bits per heavy atom. The number of fused-ring (bicyclic) bond motifs is 1. The number of sulfonamides is 1. The maximum absolute atomic E-state index is 13.4. The molecule has 4 aromatic rings. The molecule has 8 nitrogen and oxygen atoms in total. The fourth-order valence-corrected chi connectivity index (χ4v) is 7.06. The van der Waals surface area contributed by atoms with Gasteiger partial charge in [0.1, 0.15) is 5.25 Å². The number of nitrogens with zero attached hydrogens (tertiary/aromatic N) is 2. The first-order valence-electron chi connectivity index (χ1n) is 14.8. The molecule has 1 aromatic heterocycles. The Hall–Kier alpha value is -4.37. The quantitative estimate of drug-likeness (QED) is 0.207. The Labute approximate surface area is 259 Å². The molecule has 0 bridgehead atoms. The molecule has 1 fully saturated rings. The summed E-state index contributed by atoms with van der Waals surface area (Å²) in [5.74, 6) is -1.26. The zero-order valence-electron chi connectivity index (χ0n) is 25.4. The Morgan fingerprint density at radius 2 is 1.66 bits per heavy atom. The van der Waals surface area contributed by atoms with Crippen molar-refractivity contribution in [1.29, 1.82) is 0 Å². The number of hydrogen-bond donors (Lipinski definition) is 2. The zero-order valence-corrected chi connectivity index (χ0v) is 26.2. The molecular weight excluding hydrogens is 574 g/mol. The van der Waals surface area contributed by atoms with Gasteiger partial charge >= 0.3 is 5.97 Å². The number of hydrogen-bond acceptors (Lipinski definition) is 4. The minimum atomic E-state index is -3.80. The van der Waals surface area contributed by atoms with Crippen LogP contribution >= 0.6 is 0 Å². The molecule has 44 heavy (non-hydrogen) atoms. The van der Waals surface area contributed by atoms with E-state index in [2.05, 4.69) is 36.6 Å². The number of carbonyl (C=O) groups is 2. The number of piperidine rings is 1. The molecule has 0 aliphatic carbocycles. The van der Waals surface area contributed by atoms with Crippen molar-refractivity contribution in [2.75, 3.05) is 17.8 Å². The molecule has 0 radical (unpaired) electrons. The average molecular weight is 614 g/mol. The van der Waals surface area contributed by atoms with E-state index in [9.17, 15) is 23.1 Å². The van der Waals surface area contributed by atoms with Crippen molar-refractivity contribution in [1.82, 2.24) is 9.47 Å². The van der Waals surface area contributed by atoms with Crippen LogP contribution in [0.1, 0.15) is 65.9 Å². The second-order valence-corrected chi connectivity index (χ2v) is 14.3. The summed E-state index contributed by atoms with van der Waals surface area (Å²) in [6.45, 7) is 11.6. The lowest BCUT2D eigenvalue weighted by molar-refractivity contribution is -0.143. The van der Waals surface area contributed by atoms with Crippen LogP contribution in [0.2, 0.25) is 0 Å². The summed E-state index contributed by atoms with van der Waals surface area (Å²) in [6.07, 6.45) is 4.36. The largest absolute Gasteiger partial charge is 0.481 e. The van der Waals surface area contributed by atoms with Gasteiger partial charge in [0.05, 0.1) is 5.92 Å². The van der Waals surface area contributed by atoms with Crippen molar-refractivity contribution in [3.8, 4) is 0 Å². The summed E-state index contributed by atoms with van der Waals surface area (Å²) in [5, 5.41) is 9.19. The number of benzene rings is 3. The van der Waals surface area contributed by atoms with Crippen molar-refractivity contribution < 1.29 is 23.1 Å². The van der Waals surface area contributed by atoms with Gasteiger partial charge in [-0.2, -0.15) is 0 Å². The zero-order chi connectivity index (χ0) is 31.6. The lowest BCUT2D eigenvalue weighted by Gasteiger charge is -2.30. The van der Waals surface area contributed by atoms with E-state index in [0.717, 1.165) is 22.0 Å². The fraction of sp³-hybridized carbons (Fsp3) is 0.314. The van der Waals surface area contributed by atoms with Gasteiger partial charge in [0.2, 0.25) is 10.0 Å². The van der Waals surface area contributed by atoms with Crippen LogP contribution in [-0.4, -0.2) is 48.0 Å². The van der Waals surface area contributed by atoms with Crippen molar-refractivity contribution in [3.63, 3.8) is 0 Å². The summed E-state index contributed by atoms with van der Waals surface area (Å²) in [7, 11) is -3.80. The minimum Gasteiger partial charge on any atom is -0.481 e. The molecule has 0 spiro atoms. The van der Waals surface area contributed by atoms with Gasteiger partial charge in [-0.1, -0.05) is 63.2 Å². The third-order valence-corrected chi connectivity index (χ3v) is 10.0. The predicted octanol–water partition coefficient (Wildman–Crippen LogP) is 6.59. The predicted molar refractivity (Wildman–Crippen MR) is 174 cm³/mol. The molecule has 3 aromatic carbocycles. The van der Waals surface area contributed by atoms with E-state index in [1.165, 1.54) is 6.08 Å². The summed E-state index contributed by atoms with van der Waals surface area (Å²) < 4.78 is 31.6. The van der Waals surface area contributed by atoms with E-state index in [0.29, 0.717) is 49.3 Å².